The van der Waals surface area contributed by atoms with Gasteiger partial charge in [0.05, 0.1) is 13.7 Å². The Morgan fingerprint density at radius 1 is 1.15 bits per heavy atom. The van der Waals surface area contributed by atoms with Crippen LogP contribution in [-0.2, 0) is 6.54 Å². The minimum atomic E-state index is 0.282. The average Bonchev–Trinajstić information content (AvgIpc) is 2.85. The molecule has 1 aromatic carbocycles. The fraction of sp³-hybridized carbons (Fsp3) is 0.375. The predicted octanol–water partition coefficient (Wildman–Crippen LogP) is 4.54. The Labute approximate surface area is 128 Å². The van der Waals surface area contributed by atoms with Crippen molar-refractivity contribution in [2.75, 3.05) is 7.11 Å². The highest BCUT2D eigenvalue weighted by Gasteiger charge is 2.16. The van der Waals surface area contributed by atoms with Gasteiger partial charge in [-0.3, -0.25) is 0 Å². The molecule has 0 radical (unpaired) electrons. The van der Waals surface area contributed by atoms with Crippen LogP contribution in [0.2, 0.25) is 0 Å². The molecule has 0 amide bonds. The first-order valence-electron chi connectivity index (χ1n) is 6.71. The van der Waals surface area contributed by atoms with Gasteiger partial charge in [0, 0.05) is 6.04 Å². The summed E-state index contributed by atoms with van der Waals surface area (Å²) in [7, 11) is 1.68. The molecule has 1 unspecified atom stereocenters. The summed E-state index contributed by atoms with van der Waals surface area (Å²) in [5.74, 6) is 2.30. The summed E-state index contributed by atoms with van der Waals surface area (Å²) in [5.41, 5.74) is 1.26. The third-order valence-corrected chi connectivity index (χ3v) is 3.69. The second-order valence-electron chi connectivity index (χ2n) is 5.08. The molecule has 3 nitrogen and oxygen atoms in total. The number of rotatable bonds is 6. The Hall–Kier alpha value is -1.26. The standard InChI is InChI=1S/C16H20BrNO2/c1-11(2)16(12-4-6-13(19-3)7-5-12)18-10-14-8-9-15(17)20-14/h4-9,11,16,18H,10H2,1-3H3. The predicted molar refractivity (Wildman–Crippen MR) is 83.8 cm³/mol. The van der Waals surface area contributed by atoms with Gasteiger partial charge in [-0.15, -0.1) is 0 Å². The van der Waals surface area contributed by atoms with E-state index in [4.69, 9.17) is 9.15 Å². The van der Waals surface area contributed by atoms with E-state index < -0.39 is 0 Å². The molecule has 0 saturated heterocycles. The van der Waals surface area contributed by atoms with Crippen LogP contribution in [-0.4, -0.2) is 7.11 Å². The van der Waals surface area contributed by atoms with E-state index >= 15 is 0 Å². The summed E-state index contributed by atoms with van der Waals surface area (Å²) in [6.07, 6.45) is 0. The molecule has 0 aliphatic heterocycles. The second kappa shape index (κ2) is 6.95. The SMILES string of the molecule is COc1ccc(C(NCc2ccc(Br)o2)C(C)C)cc1. The molecule has 0 saturated carbocycles. The lowest BCUT2D eigenvalue weighted by Crippen LogP contribution is -2.25. The van der Waals surface area contributed by atoms with Gasteiger partial charge in [0.25, 0.3) is 0 Å². The monoisotopic (exact) mass is 337 g/mol. The third kappa shape index (κ3) is 3.87. The van der Waals surface area contributed by atoms with Crippen LogP contribution in [0.5, 0.6) is 5.75 Å². The smallest absolute Gasteiger partial charge is 0.169 e. The third-order valence-electron chi connectivity index (χ3n) is 3.27. The van der Waals surface area contributed by atoms with Gasteiger partial charge in [-0.2, -0.15) is 0 Å². The highest BCUT2D eigenvalue weighted by Crippen LogP contribution is 2.24. The molecular weight excluding hydrogens is 318 g/mol. The molecule has 1 atom stereocenters. The molecule has 0 fully saturated rings. The van der Waals surface area contributed by atoms with Crippen LogP contribution in [0, 0.1) is 5.92 Å². The Morgan fingerprint density at radius 3 is 2.35 bits per heavy atom. The first-order valence-corrected chi connectivity index (χ1v) is 7.51. The molecule has 1 N–H and O–H groups in total. The molecule has 2 aromatic rings. The Balaban J connectivity index is 2.06. The lowest BCUT2D eigenvalue weighted by molar-refractivity contribution is 0.379. The molecule has 108 valence electrons. The van der Waals surface area contributed by atoms with Crippen molar-refractivity contribution in [1.29, 1.82) is 0 Å². The van der Waals surface area contributed by atoms with Crippen LogP contribution in [0.4, 0.5) is 0 Å². The van der Waals surface area contributed by atoms with Crippen molar-refractivity contribution in [2.24, 2.45) is 5.92 Å². The zero-order chi connectivity index (χ0) is 14.5. The van der Waals surface area contributed by atoms with Crippen LogP contribution >= 0.6 is 15.9 Å². The first-order chi connectivity index (χ1) is 9.60. The molecule has 0 bridgehead atoms. The van der Waals surface area contributed by atoms with E-state index in [9.17, 15) is 0 Å². The summed E-state index contributed by atoms with van der Waals surface area (Å²) in [6, 6.07) is 12.4. The van der Waals surface area contributed by atoms with Crippen LogP contribution in [0.15, 0.2) is 45.5 Å². The van der Waals surface area contributed by atoms with Gasteiger partial charge >= 0.3 is 0 Å². The van der Waals surface area contributed by atoms with E-state index in [1.807, 2.05) is 24.3 Å². The van der Waals surface area contributed by atoms with Gasteiger partial charge < -0.3 is 14.5 Å². The second-order valence-corrected chi connectivity index (χ2v) is 5.86. The van der Waals surface area contributed by atoms with Gasteiger partial charge in [-0.25, -0.2) is 0 Å². The van der Waals surface area contributed by atoms with E-state index in [2.05, 4.69) is 47.2 Å². The quantitative estimate of drug-likeness (QED) is 0.840. The minimum Gasteiger partial charge on any atom is -0.497 e. The van der Waals surface area contributed by atoms with Crippen LogP contribution in [0.1, 0.15) is 31.2 Å². The molecule has 0 aliphatic rings. The molecule has 0 aliphatic carbocycles. The molecular formula is C16H20BrNO2. The lowest BCUT2D eigenvalue weighted by Gasteiger charge is -2.22. The largest absolute Gasteiger partial charge is 0.497 e. The van der Waals surface area contributed by atoms with Crippen molar-refractivity contribution in [3.8, 4) is 5.75 Å². The Morgan fingerprint density at radius 2 is 1.85 bits per heavy atom. The maximum atomic E-state index is 5.52. The highest BCUT2D eigenvalue weighted by atomic mass is 79.9. The molecule has 0 spiro atoms. The number of hydrogen-bond donors (Lipinski definition) is 1. The van der Waals surface area contributed by atoms with Gasteiger partial charge in [-0.1, -0.05) is 26.0 Å². The number of nitrogens with one attached hydrogen (secondary N) is 1. The normalized spacial score (nSPS) is 12.7. The zero-order valence-corrected chi connectivity index (χ0v) is 13.6. The summed E-state index contributed by atoms with van der Waals surface area (Å²) >= 11 is 3.32. The van der Waals surface area contributed by atoms with Crippen molar-refractivity contribution < 1.29 is 9.15 Å². The average molecular weight is 338 g/mol. The number of methoxy groups -OCH3 is 1. The van der Waals surface area contributed by atoms with Crippen molar-refractivity contribution in [1.82, 2.24) is 5.32 Å². The summed E-state index contributed by atoms with van der Waals surface area (Å²) in [5, 5.41) is 3.55. The van der Waals surface area contributed by atoms with Crippen molar-refractivity contribution >= 4 is 15.9 Å². The van der Waals surface area contributed by atoms with E-state index in [0.29, 0.717) is 12.5 Å². The highest BCUT2D eigenvalue weighted by molar-refractivity contribution is 9.10. The van der Waals surface area contributed by atoms with Gasteiger partial charge in [0.2, 0.25) is 0 Å². The number of ether oxygens (including phenoxy) is 1. The first kappa shape index (κ1) is 15.1. The van der Waals surface area contributed by atoms with E-state index in [-0.39, 0.29) is 6.04 Å². The van der Waals surface area contributed by atoms with Crippen LogP contribution in [0.3, 0.4) is 0 Å². The van der Waals surface area contributed by atoms with Crippen molar-refractivity contribution in [2.45, 2.75) is 26.4 Å². The molecule has 1 aromatic heterocycles. The van der Waals surface area contributed by atoms with Gasteiger partial charge in [-0.05, 0) is 51.7 Å². The number of benzene rings is 1. The zero-order valence-electron chi connectivity index (χ0n) is 12.0. The van der Waals surface area contributed by atoms with Crippen LogP contribution in [0.25, 0.3) is 0 Å². The summed E-state index contributed by atoms with van der Waals surface area (Å²) < 4.78 is 11.5. The van der Waals surface area contributed by atoms with Crippen molar-refractivity contribution in [3.05, 3.63) is 52.4 Å². The fourth-order valence-corrected chi connectivity index (χ4v) is 2.55. The molecule has 20 heavy (non-hydrogen) atoms. The van der Waals surface area contributed by atoms with E-state index in [0.717, 1.165) is 16.2 Å². The van der Waals surface area contributed by atoms with Crippen molar-refractivity contribution in [3.63, 3.8) is 0 Å². The molecule has 2 rings (SSSR count). The molecule has 4 heteroatoms. The number of halogens is 1. The molecule has 1 heterocycles. The minimum absolute atomic E-state index is 0.282. The Kier molecular flexibility index (Phi) is 5.26. The number of furan rings is 1. The number of hydrogen-bond acceptors (Lipinski definition) is 3. The fourth-order valence-electron chi connectivity index (χ4n) is 2.21. The van der Waals surface area contributed by atoms with E-state index in [1.54, 1.807) is 7.11 Å². The van der Waals surface area contributed by atoms with Gasteiger partial charge in [0.1, 0.15) is 11.5 Å². The summed E-state index contributed by atoms with van der Waals surface area (Å²) in [4.78, 5) is 0. The van der Waals surface area contributed by atoms with E-state index in [1.165, 1.54) is 5.56 Å². The lowest BCUT2D eigenvalue weighted by atomic mass is 9.96. The Bertz CT molecular complexity index is 534. The maximum Gasteiger partial charge on any atom is 0.169 e. The topological polar surface area (TPSA) is 34.4 Å². The summed E-state index contributed by atoms with van der Waals surface area (Å²) in [6.45, 7) is 5.13. The maximum absolute atomic E-state index is 5.52. The van der Waals surface area contributed by atoms with Gasteiger partial charge in [0.15, 0.2) is 4.67 Å². The van der Waals surface area contributed by atoms with Crippen LogP contribution < -0.4 is 10.1 Å².